The van der Waals surface area contributed by atoms with E-state index in [0.29, 0.717) is 15.0 Å². The number of thiophene rings is 1. The molecule has 22 heavy (non-hydrogen) atoms. The van der Waals surface area contributed by atoms with Gasteiger partial charge in [-0.05, 0) is 33.6 Å². The van der Waals surface area contributed by atoms with Gasteiger partial charge in [0.15, 0.2) is 17.2 Å². The summed E-state index contributed by atoms with van der Waals surface area (Å²) in [5.74, 6) is -1.59. The first-order valence-corrected chi connectivity index (χ1v) is 7.66. The summed E-state index contributed by atoms with van der Waals surface area (Å²) in [4.78, 5) is 23.4. The molecule has 0 saturated carbocycles. The SMILES string of the molecule is COC(=O)c1sc(-c2cccc(N)c2)c(Br)c1OCC(=O)O. The minimum absolute atomic E-state index is 0.150. The van der Waals surface area contributed by atoms with Crippen LogP contribution in [0.2, 0.25) is 0 Å². The zero-order valence-corrected chi connectivity index (χ0v) is 13.9. The van der Waals surface area contributed by atoms with Gasteiger partial charge in [0.05, 0.1) is 16.5 Å². The molecule has 1 heterocycles. The maximum Gasteiger partial charge on any atom is 0.351 e. The summed E-state index contributed by atoms with van der Waals surface area (Å²) in [5.41, 5.74) is 7.12. The molecule has 1 aromatic carbocycles. The van der Waals surface area contributed by atoms with Crippen LogP contribution in [0, 0.1) is 0 Å². The minimum Gasteiger partial charge on any atom is -0.479 e. The van der Waals surface area contributed by atoms with Crippen molar-refractivity contribution in [1.29, 1.82) is 0 Å². The Labute approximate surface area is 138 Å². The topological polar surface area (TPSA) is 98.9 Å². The van der Waals surface area contributed by atoms with Gasteiger partial charge in [-0.3, -0.25) is 0 Å². The van der Waals surface area contributed by atoms with Crippen LogP contribution in [0.15, 0.2) is 28.7 Å². The van der Waals surface area contributed by atoms with E-state index in [1.165, 1.54) is 7.11 Å². The smallest absolute Gasteiger partial charge is 0.351 e. The summed E-state index contributed by atoms with van der Waals surface area (Å²) in [6, 6.07) is 7.11. The predicted octanol–water partition coefficient (Wildman–Crippen LogP) is 3.01. The van der Waals surface area contributed by atoms with Crippen molar-refractivity contribution in [2.45, 2.75) is 0 Å². The molecule has 0 saturated heterocycles. The van der Waals surface area contributed by atoms with E-state index in [2.05, 4.69) is 15.9 Å². The van der Waals surface area contributed by atoms with Gasteiger partial charge in [0.1, 0.15) is 0 Å². The molecular weight excluding hydrogens is 374 g/mol. The zero-order valence-electron chi connectivity index (χ0n) is 11.5. The first kappa shape index (κ1) is 16.3. The van der Waals surface area contributed by atoms with Crippen molar-refractivity contribution in [2.75, 3.05) is 19.5 Å². The third-order valence-electron chi connectivity index (χ3n) is 2.67. The largest absolute Gasteiger partial charge is 0.479 e. The van der Waals surface area contributed by atoms with Crippen LogP contribution in [0.3, 0.4) is 0 Å². The quantitative estimate of drug-likeness (QED) is 0.606. The van der Waals surface area contributed by atoms with Gasteiger partial charge in [-0.25, -0.2) is 9.59 Å². The molecule has 0 fully saturated rings. The number of halogens is 1. The van der Waals surface area contributed by atoms with Crippen molar-refractivity contribution in [3.8, 4) is 16.2 Å². The molecule has 0 aliphatic carbocycles. The van der Waals surface area contributed by atoms with Gasteiger partial charge in [0.2, 0.25) is 0 Å². The van der Waals surface area contributed by atoms with Crippen molar-refractivity contribution in [3.05, 3.63) is 33.6 Å². The Morgan fingerprint density at radius 1 is 1.41 bits per heavy atom. The van der Waals surface area contributed by atoms with Gasteiger partial charge < -0.3 is 20.3 Å². The normalized spacial score (nSPS) is 10.3. The van der Waals surface area contributed by atoms with Crippen molar-refractivity contribution in [1.82, 2.24) is 0 Å². The first-order chi connectivity index (χ1) is 10.4. The third-order valence-corrected chi connectivity index (χ3v) is 4.89. The predicted molar refractivity (Wildman–Crippen MR) is 86.3 cm³/mol. The Morgan fingerprint density at radius 3 is 2.73 bits per heavy atom. The van der Waals surface area contributed by atoms with Crippen molar-refractivity contribution in [2.24, 2.45) is 0 Å². The number of benzene rings is 1. The number of carboxylic acid groups (broad SMARTS) is 1. The lowest BCUT2D eigenvalue weighted by molar-refractivity contribution is -0.139. The molecule has 6 nitrogen and oxygen atoms in total. The number of rotatable bonds is 5. The van der Waals surface area contributed by atoms with Gasteiger partial charge >= 0.3 is 11.9 Å². The molecule has 8 heteroatoms. The Balaban J connectivity index is 2.52. The Kier molecular flexibility index (Phi) is 5.04. The Hall–Kier alpha value is -2.06. The number of nitrogens with two attached hydrogens (primary N) is 1. The maximum absolute atomic E-state index is 11.9. The highest BCUT2D eigenvalue weighted by Gasteiger charge is 2.25. The van der Waals surface area contributed by atoms with Crippen molar-refractivity contribution >= 4 is 44.9 Å². The number of esters is 1. The van der Waals surface area contributed by atoms with Gasteiger partial charge in [-0.15, -0.1) is 11.3 Å². The van der Waals surface area contributed by atoms with Crippen LogP contribution >= 0.6 is 27.3 Å². The number of aliphatic carboxylic acids is 1. The van der Waals surface area contributed by atoms with Crippen molar-refractivity contribution < 1.29 is 24.2 Å². The van der Waals surface area contributed by atoms with Crippen LogP contribution in [0.5, 0.6) is 5.75 Å². The van der Waals surface area contributed by atoms with Gasteiger partial charge in [-0.2, -0.15) is 0 Å². The highest BCUT2D eigenvalue weighted by molar-refractivity contribution is 9.10. The number of anilines is 1. The fraction of sp³-hybridized carbons (Fsp3) is 0.143. The Bertz CT molecular complexity index is 728. The molecule has 0 atom stereocenters. The number of methoxy groups -OCH3 is 1. The zero-order chi connectivity index (χ0) is 16.3. The molecule has 2 aromatic rings. The van der Waals surface area contributed by atoms with Crippen LogP contribution < -0.4 is 10.5 Å². The van der Waals surface area contributed by atoms with Gasteiger partial charge in [0.25, 0.3) is 0 Å². The second-order valence-electron chi connectivity index (χ2n) is 4.20. The molecular formula is C14H12BrNO5S. The number of nitrogen functional groups attached to an aromatic ring is 1. The monoisotopic (exact) mass is 385 g/mol. The second kappa shape index (κ2) is 6.80. The summed E-state index contributed by atoms with van der Waals surface area (Å²) < 4.78 is 10.4. The first-order valence-electron chi connectivity index (χ1n) is 6.05. The molecule has 0 radical (unpaired) electrons. The summed E-state index contributed by atoms with van der Waals surface area (Å²) in [7, 11) is 1.25. The number of hydrogen-bond donors (Lipinski definition) is 2. The highest BCUT2D eigenvalue weighted by atomic mass is 79.9. The van der Waals surface area contributed by atoms with E-state index in [1.807, 2.05) is 6.07 Å². The van der Waals surface area contributed by atoms with Crippen LogP contribution in [0.1, 0.15) is 9.67 Å². The van der Waals surface area contributed by atoms with Crippen LogP contribution in [0.25, 0.3) is 10.4 Å². The third kappa shape index (κ3) is 3.40. The fourth-order valence-corrected chi connectivity index (χ4v) is 3.72. The molecule has 0 unspecified atom stereocenters. The van der Waals surface area contributed by atoms with Crippen molar-refractivity contribution in [3.63, 3.8) is 0 Å². The Morgan fingerprint density at radius 2 is 2.14 bits per heavy atom. The van der Waals surface area contributed by atoms with Gasteiger partial charge in [0, 0.05) is 5.69 Å². The highest BCUT2D eigenvalue weighted by Crippen LogP contribution is 2.46. The summed E-state index contributed by atoms with van der Waals surface area (Å²) in [6.07, 6.45) is 0. The van der Waals surface area contributed by atoms with Gasteiger partial charge in [-0.1, -0.05) is 12.1 Å². The van der Waals surface area contributed by atoms with E-state index in [1.54, 1.807) is 18.2 Å². The summed E-state index contributed by atoms with van der Waals surface area (Å²) in [5, 5.41) is 8.74. The lowest BCUT2D eigenvalue weighted by Crippen LogP contribution is -2.11. The lowest BCUT2D eigenvalue weighted by Gasteiger charge is -2.04. The molecule has 0 aliphatic heterocycles. The molecule has 1 aromatic heterocycles. The van der Waals surface area contributed by atoms with Crippen LogP contribution in [-0.2, 0) is 9.53 Å². The second-order valence-corrected chi connectivity index (χ2v) is 6.02. The molecule has 0 amide bonds. The molecule has 2 rings (SSSR count). The summed E-state index contributed by atoms with van der Waals surface area (Å²) in [6.45, 7) is -0.560. The number of carbonyl (C=O) groups is 2. The van der Waals surface area contributed by atoms with E-state index >= 15 is 0 Å². The van der Waals surface area contributed by atoms with E-state index in [9.17, 15) is 9.59 Å². The van der Waals surface area contributed by atoms with E-state index in [-0.39, 0.29) is 10.6 Å². The number of carboxylic acids is 1. The molecule has 116 valence electrons. The average molecular weight is 386 g/mol. The summed E-state index contributed by atoms with van der Waals surface area (Å²) >= 11 is 4.49. The molecule has 0 aliphatic rings. The molecule has 3 N–H and O–H groups in total. The number of ether oxygens (including phenoxy) is 2. The maximum atomic E-state index is 11.9. The van der Waals surface area contributed by atoms with Crippen LogP contribution in [-0.4, -0.2) is 30.8 Å². The number of carbonyl (C=O) groups excluding carboxylic acids is 1. The van der Waals surface area contributed by atoms with E-state index in [0.717, 1.165) is 16.9 Å². The van der Waals surface area contributed by atoms with E-state index in [4.69, 9.17) is 20.3 Å². The number of hydrogen-bond acceptors (Lipinski definition) is 6. The van der Waals surface area contributed by atoms with E-state index < -0.39 is 18.5 Å². The molecule has 0 spiro atoms. The minimum atomic E-state index is -1.14. The average Bonchev–Trinajstić information content (AvgIpc) is 2.81. The van der Waals surface area contributed by atoms with Crippen LogP contribution in [0.4, 0.5) is 5.69 Å². The standard InChI is InChI=1S/C14H12BrNO5S/c1-20-14(19)13-11(21-6-9(17)18)10(15)12(22-13)7-3-2-4-8(16)5-7/h2-5H,6,16H2,1H3,(H,17,18). The lowest BCUT2D eigenvalue weighted by atomic mass is 10.1. The molecule has 0 bridgehead atoms. The fourth-order valence-electron chi connectivity index (χ4n) is 1.75.